The summed E-state index contributed by atoms with van der Waals surface area (Å²) in [7, 11) is 0. The summed E-state index contributed by atoms with van der Waals surface area (Å²) in [5.74, 6) is 1.69. The maximum atomic E-state index is 6.09. The van der Waals surface area contributed by atoms with Gasteiger partial charge in [-0.25, -0.2) is 0 Å². The van der Waals surface area contributed by atoms with E-state index in [0.717, 1.165) is 45.3 Å². The maximum Gasteiger partial charge on any atom is 0.151 e. The van der Waals surface area contributed by atoms with Gasteiger partial charge in [-0.15, -0.1) is 10.2 Å². The van der Waals surface area contributed by atoms with Gasteiger partial charge in [-0.3, -0.25) is 0 Å². The second kappa shape index (κ2) is 6.21. The molecule has 5 heteroatoms. The lowest BCUT2D eigenvalue weighted by Crippen LogP contribution is -2.15. The number of hydrogen-bond acceptors (Lipinski definition) is 4. The average molecular weight is 376 g/mol. The van der Waals surface area contributed by atoms with E-state index in [0.29, 0.717) is 0 Å². The molecular weight excluding hydrogens is 360 g/mol. The normalized spacial score (nSPS) is 12.3. The molecule has 0 fully saturated rings. The summed E-state index contributed by atoms with van der Waals surface area (Å²) in [6.45, 7) is 0. The number of rotatable bonds is 2. The lowest BCUT2D eigenvalue weighted by molar-refractivity contribution is 0.477. The topological polar surface area (TPSA) is 43.2 Å². The molecule has 0 N–H and O–H groups in total. The Kier molecular flexibility index (Phi) is 3.40. The molecule has 138 valence electrons. The molecule has 0 saturated carbocycles. The van der Waals surface area contributed by atoms with Gasteiger partial charge in [-0.05, 0) is 60.7 Å². The summed E-state index contributed by atoms with van der Waals surface area (Å²) in [5.41, 5.74) is 5.76. The molecule has 5 aromatic rings. The highest BCUT2D eigenvalue weighted by molar-refractivity contribution is 5.86. The fraction of sp³-hybridized carbons (Fsp3) is 0. The Labute approximate surface area is 167 Å². The minimum Gasteiger partial charge on any atom is -0.453 e. The quantitative estimate of drug-likeness (QED) is 0.372. The van der Waals surface area contributed by atoms with Crippen LogP contribution in [0.1, 0.15) is 0 Å². The number of hydrogen-bond donors (Lipinski definition) is 0. The van der Waals surface area contributed by atoms with Crippen molar-refractivity contribution < 1.29 is 4.74 Å². The highest BCUT2D eigenvalue weighted by atomic mass is 16.5. The first-order valence-electron chi connectivity index (χ1n) is 9.45. The van der Waals surface area contributed by atoms with E-state index in [1.807, 2.05) is 72.8 Å². The first-order chi connectivity index (χ1) is 14.4. The van der Waals surface area contributed by atoms with Crippen molar-refractivity contribution in [3.05, 3.63) is 97.1 Å². The summed E-state index contributed by atoms with van der Waals surface area (Å²) < 4.78 is 6.09. The van der Waals surface area contributed by atoms with Gasteiger partial charge in [0.05, 0.1) is 17.1 Å². The van der Waals surface area contributed by atoms with Gasteiger partial charge in [0.15, 0.2) is 11.5 Å². The van der Waals surface area contributed by atoms with Crippen LogP contribution in [0, 0.1) is 0 Å². The molecule has 0 unspecified atom stereocenters. The smallest absolute Gasteiger partial charge is 0.151 e. The summed E-state index contributed by atoms with van der Waals surface area (Å²) >= 11 is 0. The van der Waals surface area contributed by atoms with Crippen LogP contribution in [0.4, 0.5) is 17.1 Å². The highest BCUT2D eigenvalue weighted by Gasteiger charge is 2.25. The summed E-state index contributed by atoms with van der Waals surface area (Å²) in [6, 6.07) is 32.3. The van der Waals surface area contributed by atoms with E-state index in [1.54, 1.807) is 4.80 Å². The van der Waals surface area contributed by atoms with Gasteiger partial charge in [-0.2, -0.15) is 4.80 Å². The third kappa shape index (κ3) is 2.56. The molecule has 29 heavy (non-hydrogen) atoms. The summed E-state index contributed by atoms with van der Waals surface area (Å²) in [6.07, 6.45) is 0. The first kappa shape index (κ1) is 15.9. The van der Waals surface area contributed by atoms with E-state index in [1.165, 1.54) is 0 Å². The monoisotopic (exact) mass is 376 g/mol. The van der Waals surface area contributed by atoms with Crippen molar-refractivity contribution in [2.75, 3.05) is 4.90 Å². The van der Waals surface area contributed by atoms with Gasteiger partial charge in [-0.1, -0.05) is 36.4 Å². The van der Waals surface area contributed by atoms with Crippen molar-refractivity contribution in [3.8, 4) is 17.2 Å². The molecule has 5 nitrogen and oxygen atoms in total. The Hall–Kier alpha value is -4.12. The van der Waals surface area contributed by atoms with Crippen LogP contribution in [0.15, 0.2) is 97.1 Å². The van der Waals surface area contributed by atoms with Crippen LogP contribution in [-0.4, -0.2) is 15.0 Å². The third-order valence-electron chi connectivity index (χ3n) is 5.06. The van der Waals surface area contributed by atoms with Gasteiger partial charge in [0.25, 0.3) is 0 Å². The number of para-hydroxylation sites is 4. The molecule has 0 amide bonds. The molecule has 1 aliphatic heterocycles. The van der Waals surface area contributed by atoms with Crippen molar-refractivity contribution in [2.24, 2.45) is 0 Å². The highest BCUT2D eigenvalue weighted by Crippen LogP contribution is 2.49. The molecule has 0 aliphatic carbocycles. The lowest BCUT2D eigenvalue weighted by atomic mass is 10.1. The average Bonchev–Trinajstić information content (AvgIpc) is 3.22. The lowest BCUT2D eigenvalue weighted by Gasteiger charge is -2.32. The second-order valence-electron chi connectivity index (χ2n) is 6.87. The number of nitrogens with zero attached hydrogens (tertiary/aromatic N) is 4. The van der Waals surface area contributed by atoms with Crippen LogP contribution in [-0.2, 0) is 0 Å². The Balaban J connectivity index is 1.44. The number of fused-ring (bicyclic) bond motifs is 3. The second-order valence-corrected chi connectivity index (χ2v) is 6.87. The van der Waals surface area contributed by atoms with E-state index < -0.39 is 0 Å². The Morgan fingerprint density at radius 1 is 0.517 bits per heavy atom. The van der Waals surface area contributed by atoms with E-state index >= 15 is 0 Å². The zero-order chi connectivity index (χ0) is 19.2. The Bertz CT molecular complexity index is 1260. The zero-order valence-electron chi connectivity index (χ0n) is 15.4. The van der Waals surface area contributed by atoms with Crippen LogP contribution < -0.4 is 9.64 Å². The molecule has 4 aromatic carbocycles. The molecule has 0 spiro atoms. The van der Waals surface area contributed by atoms with Crippen LogP contribution in [0.3, 0.4) is 0 Å². The molecule has 2 heterocycles. The predicted octanol–water partition coefficient (Wildman–Crippen LogP) is 6.00. The molecule has 0 atom stereocenters. The molecule has 0 saturated heterocycles. The SMILES string of the molecule is c1ccc2c(c1)Oc1ccccc1N2c1ccc(-n2nc3ccccc3n2)cc1. The molecule has 0 radical (unpaired) electrons. The number of benzene rings is 4. The number of anilines is 3. The zero-order valence-corrected chi connectivity index (χ0v) is 15.4. The van der Waals surface area contributed by atoms with E-state index in [4.69, 9.17) is 4.74 Å². The fourth-order valence-electron chi connectivity index (χ4n) is 3.69. The van der Waals surface area contributed by atoms with E-state index in [9.17, 15) is 0 Å². The van der Waals surface area contributed by atoms with Crippen molar-refractivity contribution in [3.63, 3.8) is 0 Å². The standard InChI is InChI=1S/C24H16N4O/c1-2-8-20-19(7-1)25-28(26-20)18-15-13-17(14-16-18)27-21-9-3-5-11-23(21)29-24-12-6-4-10-22(24)27/h1-16H. The van der Waals surface area contributed by atoms with Crippen molar-refractivity contribution in [1.82, 2.24) is 15.0 Å². The summed E-state index contributed by atoms with van der Waals surface area (Å²) in [5, 5.41) is 9.14. The van der Waals surface area contributed by atoms with Crippen molar-refractivity contribution in [2.45, 2.75) is 0 Å². The largest absolute Gasteiger partial charge is 0.453 e. The summed E-state index contributed by atoms with van der Waals surface area (Å²) in [4.78, 5) is 3.89. The molecule has 1 aliphatic rings. The Morgan fingerprint density at radius 3 is 1.59 bits per heavy atom. The third-order valence-corrected chi connectivity index (χ3v) is 5.06. The molecule has 6 rings (SSSR count). The van der Waals surface area contributed by atoms with Crippen LogP contribution in [0.25, 0.3) is 16.7 Å². The van der Waals surface area contributed by atoms with E-state index in [2.05, 4.69) is 39.4 Å². The van der Waals surface area contributed by atoms with Gasteiger partial charge in [0.1, 0.15) is 11.0 Å². The van der Waals surface area contributed by atoms with Gasteiger partial charge < -0.3 is 9.64 Å². The molecule has 1 aromatic heterocycles. The van der Waals surface area contributed by atoms with E-state index in [-0.39, 0.29) is 0 Å². The number of ether oxygens (including phenoxy) is 1. The minimum absolute atomic E-state index is 0.843. The maximum absolute atomic E-state index is 6.09. The molecule has 0 bridgehead atoms. The van der Waals surface area contributed by atoms with Crippen molar-refractivity contribution >= 4 is 28.1 Å². The molecular formula is C24H16N4O. The minimum atomic E-state index is 0.843. The van der Waals surface area contributed by atoms with Crippen LogP contribution in [0.2, 0.25) is 0 Å². The Morgan fingerprint density at radius 2 is 1.00 bits per heavy atom. The van der Waals surface area contributed by atoms with Gasteiger partial charge in [0, 0.05) is 5.69 Å². The van der Waals surface area contributed by atoms with Gasteiger partial charge >= 0.3 is 0 Å². The van der Waals surface area contributed by atoms with Crippen molar-refractivity contribution in [1.29, 1.82) is 0 Å². The van der Waals surface area contributed by atoms with Gasteiger partial charge in [0.2, 0.25) is 0 Å². The fourth-order valence-corrected chi connectivity index (χ4v) is 3.69. The number of aromatic nitrogens is 3. The first-order valence-corrected chi connectivity index (χ1v) is 9.45. The predicted molar refractivity (Wildman–Crippen MR) is 114 cm³/mol. The van der Waals surface area contributed by atoms with Crippen LogP contribution >= 0.6 is 0 Å². The van der Waals surface area contributed by atoms with Crippen LogP contribution in [0.5, 0.6) is 11.5 Å².